The minimum atomic E-state index is -0.909. The zero-order valence-electron chi connectivity index (χ0n) is 14.1. The van der Waals surface area contributed by atoms with Crippen molar-refractivity contribution in [3.8, 4) is 0 Å². The first kappa shape index (κ1) is 18.1. The van der Waals surface area contributed by atoms with Crippen molar-refractivity contribution >= 4 is 23.2 Å². The highest BCUT2D eigenvalue weighted by atomic mass is 32.2. The van der Waals surface area contributed by atoms with E-state index in [0.29, 0.717) is 41.6 Å². The summed E-state index contributed by atoms with van der Waals surface area (Å²) in [7, 11) is 0. The number of benzene rings is 1. The van der Waals surface area contributed by atoms with Gasteiger partial charge in [0.05, 0.1) is 17.5 Å². The Hall–Kier alpha value is -2.30. The SMILES string of the molecule is O[C@@H]1[C@H](O)CS[C@H]1c1nnc2c(NCCc3ccc(F)cc3F)nccn12. The Morgan fingerprint density at radius 1 is 1.26 bits per heavy atom. The van der Waals surface area contributed by atoms with Crippen molar-refractivity contribution in [3.63, 3.8) is 0 Å². The van der Waals surface area contributed by atoms with Crippen LogP contribution in [0.5, 0.6) is 0 Å². The van der Waals surface area contributed by atoms with Gasteiger partial charge < -0.3 is 15.5 Å². The molecule has 0 spiro atoms. The van der Waals surface area contributed by atoms with Gasteiger partial charge in [0.1, 0.15) is 11.6 Å². The Morgan fingerprint density at radius 2 is 2.11 bits per heavy atom. The molecule has 1 aliphatic rings. The number of hydrogen-bond donors (Lipinski definition) is 3. The standard InChI is InChI=1S/C17H17F2N5O2S/c18-10-2-1-9(11(19)7-10)3-4-20-15-17-23-22-16(24(17)6-5-21-15)14-13(26)12(25)8-27-14/h1-2,5-7,12-14,25-26H,3-4,8H2,(H,20,21)/t12-,13-,14-/m1/s1. The van der Waals surface area contributed by atoms with Gasteiger partial charge in [-0.25, -0.2) is 13.8 Å². The van der Waals surface area contributed by atoms with Crippen molar-refractivity contribution in [1.82, 2.24) is 19.6 Å². The van der Waals surface area contributed by atoms with Gasteiger partial charge in [0.25, 0.3) is 0 Å². The molecule has 7 nitrogen and oxygen atoms in total. The molecule has 3 heterocycles. The third-order valence-corrected chi connectivity index (χ3v) is 5.84. The van der Waals surface area contributed by atoms with Crippen LogP contribution in [0, 0.1) is 11.6 Å². The number of thioether (sulfide) groups is 1. The maximum absolute atomic E-state index is 13.7. The highest BCUT2D eigenvalue weighted by Crippen LogP contribution is 2.39. The average Bonchev–Trinajstić information content (AvgIpc) is 3.21. The largest absolute Gasteiger partial charge is 0.390 e. The van der Waals surface area contributed by atoms with Crippen LogP contribution in [0.1, 0.15) is 16.6 Å². The van der Waals surface area contributed by atoms with Crippen molar-refractivity contribution < 1.29 is 19.0 Å². The fraction of sp³-hybridized carbons (Fsp3) is 0.353. The molecular weight excluding hydrogens is 376 g/mol. The summed E-state index contributed by atoms with van der Waals surface area (Å²) in [5, 5.41) is 30.9. The molecule has 10 heteroatoms. The summed E-state index contributed by atoms with van der Waals surface area (Å²) in [5.41, 5.74) is 0.874. The topological polar surface area (TPSA) is 95.6 Å². The Kier molecular flexibility index (Phi) is 4.94. The van der Waals surface area contributed by atoms with E-state index in [9.17, 15) is 19.0 Å². The smallest absolute Gasteiger partial charge is 0.203 e. The van der Waals surface area contributed by atoms with Gasteiger partial charge in [-0.15, -0.1) is 22.0 Å². The molecule has 3 N–H and O–H groups in total. The van der Waals surface area contributed by atoms with Gasteiger partial charge in [0.2, 0.25) is 5.65 Å². The van der Waals surface area contributed by atoms with Gasteiger partial charge in [-0.3, -0.25) is 4.40 Å². The van der Waals surface area contributed by atoms with Crippen LogP contribution in [0.2, 0.25) is 0 Å². The molecule has 4 rings (SSSR count). The van der Waals surface area contributed by atoms with E-state index in [1.165, 1.54) is 23.9 Å². The number of aliphatic hydroxyl groups is 2. The van der Waals surface area contributed by atoms with Crippen molar-refractivity contribution in [2.75, 3.05) is 17.6 Å². The Balaban J connectivity index is 1.51. The molecule has 1 saturated heterocycles. The molecule has 0 bridgehead atoms. The van der Waals surface area contributed by atoms with Gasteiger partial charge in [0, 0.05) is 30.8 Å². The molecular formula is C17H17F2N5O2S. The predicted octanol–water partition coefficient (Wildman–Crippen LogP) is 1.57. The van der Waals surface area contributed by atoms with Crippen LogP contribution in [-0.2, 0) is 6.42 Å². The lowest BCUT2D eigenvalue weighted by Gasteiger charge is -2.13. The Morgan fingerprint density at radius 3 is 2.85 bits per heavy atom. The van der Waals surface area contributed by atoms with Crippen LogP contribution in [0.25, 0.3) is 5.65 Å². The summed E-state index contributed by atoms with van der Waals surface area (Å²) in [5.74, 6) is 0.244. The number of hydrogen-bond acceptors (Lipinski definition) is 7. The molecule has 3 atom stereocenters. The summed E-state index contributed by atoms with van der Waals surface area (Å²) in [4.78, 5) is 4.24. The highest BCUT2D eigenvalue weighted by molar-refractivity contribution is 7.99. The first-order valence-electron chi connectivity index (χ1n) is 8.40. The number of nitrogens with one attached hydrogen (secondary N) is 1. The molecule has 2 aromatic heterocycles. The number of halogens is 2. The second-order valence-electron chi connectivity index (χ2n) is 6.25. The van der Waals surface area contributed by atoms with E-state index in [-0.39, 0.29) is 5.25 Å². The average molecular weight is 393 g/mol. The minimum Gasteiger partial charge on any atom is -0.390 e. The molecule has 0 radical (unpaired) electrons. The van der Waals surface area contributed by atoms with E-state index in [1.807, 2.05) is 0 Å². The summed E-state index contributed by atoms with van der Waals surface area (Å²) in [6.07, 6.45) is 1.90. The molecule has 0 aliphatic carbocycles. The lowest BCUT2D eigenvalue weighted by atomic mass is 10.1. The highest BCUT2D eigenvalue weighted by Gasteiger charge is 2.38. The van der Waals surface area contributed by atoms with E-state index in [4.69, 9.17) is 0 Å². The van der Waals surface area contributed by atoms with E-state index < -0.39 is 23.8 Å². The molecule has 1 aromatic carbocycles. The van der Waals surface area contributed by atoms with Crippen LogP contribution in [0.4, 0.5) is 14.6 Å². The summed E-state index contributed by atoms with van der Waals surface area (Å²) >= 11 is 1.42. The van der Waals surface area contributed by atoms with E-state index in [0.717, 1.165) is 6.07 Å². The van der Waals surface area contributed by atoms with Crippen LogP contribution in [0.3, 0.4) is 0 Å². The summed E-state index contributed by atoms with van der Waals surface area (Å²) in [6.45, 7) is 0.372. The summed E-state index contributed by atoms with van der Waals surface area (Å²) < 4.78 is 28.4. The van der Waals surface area contributed by atoms with E-state index in [1.54, 1.807) is 16.8 Å². The van der Waals surface area contributed by atoms with Crippen molar-refractivity contribution in [3.05, 3.63) is 53.6 Å². The predicted molar refractivity (Wildman–Crippen MR) is 96.5 cm³/mol. The maximum atomic E-state index is 13.7. The first-order valence-corrected chi connectivity index (χ1v) is 9.44. The van der Waals surface area contributed by atoms with E-state index >= 15 is 0 Å². The minimum absolute atomic E-state index is 0.346. The van der Waals surface area contributed by atoms with Crippen LogP contribution in [0.15, 0.2) is 30.6 Å². The van der Waals surface area contributed by atoms with Crippen molar-refractivity contribution in [1.29, 1.82) is 0 Å². The fourth-order valence-corrected chi connectivity index (χ4v) is 4.32. The third-order valence-electron chi connectivity index (χ3n) is 4.46. The molecule has 1 fully saturated rings. The van der Waals surface area contributed by atoms with Crippen molar-refractivity contribution in [2.24, 2.45) is 0 Å². The van der Waals surface area contributed by atoms with Crippen LogP contribution >= 0.6 is 11.8 Å². The molecule has 0 amide bonds. The Bertz CT molecular complexity index is 970. The van der Waals surface area contributed by atoms with Crippen LogP contribution in [-0.4, -0.2) is 54.3 Å². The fourth-order valence-electron chi connectivity index (χ4n) is 3.03. The lowest BCUT2D eigenvalue weighted by molar-refractivity contribution is 0.0404. The number of nitrogens with zero attached hydrogens (tertiary/aromatic N) is 4. The number of anilines is 1. The van der Waals surface area contributed by atoms with Gasteiger partial charge in [-0.05, 0) is 18.1 Å². The first-order chi connectivity index (χ1) is 13.0. The summed E-state index contributed by atoms with van der Waals surface area (Å²) in [6, 6.07) is 3.50. The maximum Gasteiger partial charge on any atom is 0.203 e. The number of aromatic nitrogens is 4. The number of fused-ring (bicyclic) bond motifs is 1. The zero-order valence-corrected chi connectivity index (χ0v) is 14.9. The molecule has 0 unspecified atom stereocenters. The quantitative estimate of drug-likeness (QED) is 0.606. The van der Waals surface area contributed by atoms with Gasteiger partial charge >= 0.3 is 0 Å². The molecule has 3 aromatic rings. The second-order valence-corrected chi connectivity index (χ2v) is 7.43. The van der Waals surface area contributed by atoms with E-state index in [2.05, 4.69) is 20.5 Å². The molecule has 27 heavy (non-hydrogen) atoms. The molecule has 1 aliphatic heterocycles. The zero-order chi connectivity index (χ0) is 19.0. The second kappa shape index (κ2) is 7.37. The third kappa shape index (κ3) is 3.47. The normalized spacial score (nSPS) is 22.4. The number of aliphatic hydroxyl groups excluding tert-OH is 2. The molecule has 142 valence electrons. The monoisotopic (exact) mass is 393 g/mol. The number of rotatable bonds is 5. The Labute approximate surface area is 157 Å². The van der Waals surface area contributed by atoms with Gasteiger partial charge in [0.15, 0.2) is 11.6 Å². The van der Waals surface area contributed by atoms with Gasteiger partial charge in [-0.2, -0.15) is 0 Å². The lowest BCUT2D eigenvalue weighted by Crippen LogP contribution is -2.25. The molecule has 0 saturated carbocycles. The van der Waals surface area contributed by atoms with Crippen LogP contribution < -0.4 is 5.32 Å². The van der Waals surface area contributed by atoms with Gasteiger partial charge in [-0.1, -0.05) is 6.07 Å². The van der Waals surface area contributed by atoms with Crippen molar-refractivity contribution in [2.45, 2.75) is 23.9 Å².